The molecule has 0 radical (unpaired) electrons. The summed E-state index contributed by atoms with van der Waals surface area (Å²) in [6, 6.07) is 34.0. The van der Waals surface area contributed by atoms with E-state index in [1.54, 1.807) is 0 Å². The van der Waals surface area contributed by atoms with Crippen LogP contribution in [0.3, 0.4) is 0 Å². The molecule has 2 N–H and O–H groups in total. The largest absolute Gasteiger partial charge is 0.351 e. The summed E-state index contributed by atoms with van der Waals surface area (Å²) in [5, 5.41) is 9.53. The fraction of sp³-hybridized carbons (Fsp3) is 0.238. The molecule has 7 rings (SSSR count). The van der Waals surface area contributed by atoms with Crippen molar-refractivity contribution in [2.75, 3.05) is 6.54 Å². The second-order valence-electron chi connectivity index (χ2n) is 14.6. The molecule has 252 valence electrons. The van der Waals surface area contributed by atoms with E-state index >= 15 is 0 Å². The molecular weight excluding hydrogens is 663 g/mol. The van der Waals surface area contributed by atoms with Crippen molar-refractivity contribution in [3.63, 3.8) is 0 Å². The molecule has 1 aliphatic carbocycles. The monoisotopic (exact) mass is 700 g/mol. The number of hydrogen-bond acceptors (Lipinski definition) is 4. The van der Waals surface area contributed by atoms with Gasteiger partial charge in [0.25, 0.3) is 11.8 Å². The van der Waals surface area contributed by atoms with E-state index in [4.69, 9.17) is 33.2 Å². The highest BCUT2D eigenvalue weighted by Crippen LogP contribution is 2.46. The molecule has 2 amide bonds. The maximum Gasteiger partial charge on any atom is 0.252 e. The average molecular weight is 702 g/mol. The standard InChI is InChI=1S/C42H38Cl2N4O2/c1-41(2)22-30(46-40(50)34-21-38(27-14-18-29(44)19-15-27)48-36-11-7-5-9-32(34)36)23-42(3,24-41)25-45-39(49)33-20-37(26-12-16-28(43)17-13-26)47-35-10-6-4-8-31(33)35/h4-21,30H,22-25H2,1-3H3,(H,45,49)(H,46,50). The van der Waals surface area contributed by atoms with Crippen molar-refractivity contribution in [2.24, 2.45) is 10.8 Å². The van der Waals surface area contributed by atoms with E-state index in [1.165, 1.54) is 0 Å². The van der Waals surface area contributed by atoms with Crippen LogP contribution in [0.4, 0.5) is 0 Å². The van der Waals surface area contributed by atoms with Gasteiger partial charge in [-0.05, 0) is 78.6 Å². The Bertz CT molecular complexity index is 2230. The van der Waals surface area contributed by atoms with E-state index in [2.05, 4.69) is 31.4 Å². The molecule has 2 unspecified atom stereocenters. The summed E-state index contributed by atoms with van der Waals surface area (Å²) in [6.07, 6.45) is 2.45. The smallest absolute Gasteiger partial charge is 0.252 e. The molecule has 0 aliphatic heterocycles. The van der Waals surface area contributed by atoms with Crippen LogP contribution in [0, 0.1) is 10.8 Å². The second-order valence-corrected chi connectivity index (χ2v) is 15.4. The summed E-state index contributed by atoms with van der Waals surface area (Å²) in [4.78, 5) is 37.7. The summed E-state index contributed by atoms with van der Waals surface area (Å²) in [7, 11) is 0. The molecule has 2 aromatic heterocycles. The maximum atomic E-state index is 14.1. The van der Waals surface area contributed by atoms with Crippen molar-refractivity contribution in [1.29, 1.82) is 0 Å². The minimum Gasteiger partial charge on any atom is -0.351 e. The first-order valence-corrected chi connectivity index (χ1v) is 17.6. The highest BCUT2D eigenvalue weighted by atomic mass is 35.5. The lowest BCUT2D eigenvalue weighted by molar-refractivity contribution is 0.0593. The van der Waals surface area contributed by atoms with E-state index < -0.39 is 0 Å². The van der Waals surface area contributed by atoms with Gasteiger partial charge < -0.3 is 10.6 Å². The number of carbonyl (C=O) groups excluding carboxylic acids is 2. The number of amides is 2. The SMILES string of the molecule is CC1(C)CC(NC(=O)c2cc(-c3ccc(Cl)cc3)nc3ccccc23)CC(C)(CNC(=O)c2cc(-c3ccc(Cl)cc3)nc3ccccc23)C1. The van der Waals surface area contributed by atoms with E-state index in [1.807, 2.05) is 109 Å². The summed E-state index contributed by atoms with van der Waals surface area (Å²) in [5.41, 5.74) is 5.54. The van der Waals surface area contributed by atoms with Crippen LogP contribution in [0.25, 0.3) is 44.3 Å². The molecule has 4 aromatic carbocycles. The normalized spacial score (nSPS) is 18.5. The fourth-order valence-corrected chi connectivity index (χ4v) is 8.04. The first-order valence-electron chi connectivity index (χ1n) is 16.9. The predicted octanol–water partition coefficient (Wildman–Crippen LogP) is 10.2. The number of aromatic nitrogens is 2. The third-order valence-corrected chi connectivity index (χ3v) is 10.2. The molecular formula is C42H38Cl2N4O2. The Kier molecular flexibility index (Phi) is 9.10. The summed E-state index contributed by atoms with van der Waals surface area (Å²) in [5.74, 6) is -0.284. The van der Waals surface area contributed by atoms with Crippen molar-refractivity contribution in [3.8, 4) is 22.5 Å². The van der Waals surface area contributed by atoms with Crippen LogP contribution in [0.15, 0.2) is 109 Å². The van der Waals surface area contributed by atoms with Crippen LogP contribution in [0.5, 0.6) is 0 Å². The number of pyridine rings is 2. The third-order valence-electron chi connectivity index (χ3n) is 9.66. The number of hydrogen-bond donors (Lipinski definition) is 2. The molecule has 1 saturated carbocycles. The number of fused-ring (bicyclic) bond motifs is 2. The highest BCUT2D eigenvalue weighted by Gasteiger charge is 2.42. The first-order chi connectivity index (χ1) is 24.0. The third kappa shape index (κ3) is 7.23. The number of rotatable bonds is 7. The maximum absolute atomic E-state index is 14.1. The van der Waals surface area contributed by atoms with Gasteiger partial charge in [0.15, 0.2) is 0 Å². The Hall–Kier alpha value is -4.78. The topological polar surface area (TPSA) is 84.0 Å². The average Bonchev–Trinajstić information content (AvgIpc) is 3.09. The Balaban J connectivity index is 1.12. The van der Waals surface area contributed by atoms with Crippen LogP contribution in [0.1, 0.15) is 60.7 Å². The van der Waals surface area contributed by atoms with Crippen molar-refractivity contribution in [2.45, 2.75) is 46.1 Å². The molecule has 50 heavy (non-hydrogen) atoms. The van der Waals surface area contributed by atoms with E-state index in [-0.39, 0.29) is 28.7 Å². The molecule has 2 atom stereocenters. The van der Waals surface area contributed by atoms with Crippen molar-refractivity contribution < 1.29 is 9.59 Å². The lowest BCUT2D eigenvalue weighted by Gasteiger charge is -2.47. The molecule has 1 fully saturated rings. The van der Waals surface area contributed by atoms with Gasteiger partial charge in [-0.2, -0.15) is 0 Å². The Labute approximate surface area is 302 Å². The Morgan fingerprint density at radius 2 is 1.16 bits per heavy atom. The van der Waals surface area contributed by atoms with Gasteiger partial charge in [0, 0.05) is 44.5 Å². The summed E-state index contributed by atoms with van der Waals surface area (Å²) in [6.45, 7) is 7.15. The van der Waals surface area contributed by atoms with Crippen LogP contribution in [-0.4, -0.2) is 34.4 Å². The van der Waals surface area contributed by atoms with Gasteiger partial charge in [-0.25, -0.2) is 9.97 Å². The zero-order valence-corrected chi connectivity index (χ0v) is 29.8. The lowest BCUT2D eigenvalue weighted by atomic mass is 9.62. The molecule has 0 saturated heterocycles. The number of halogens is 2. The Morgan fingerprint density at radius 3 is 1.68 bits per heavy atom. The first kappa shape index (κ1) is 33.7. The second kappa shape index (κ2) is 13.5. The van der Waals surface area contributed by atoms with Crippen LogP contribution >= 0.6 is 23.2 Å². The predicted molar refractivity (Wildman–Crippen MR) is 204 cm³/mol. The van der Waals surface area contributed by atoms with Crippen LogP contribution in [0.2, 0.25) is 10.0 Å². The number of benzene rings is 4. The number of para-hydroxylation sites is 2. The van der Waals surface area contributed by atoms with E-state index in [0.29, 0.717) is 39.1 Å². The molecule has 0 spiro atoms. The fourth-order valence-electron chi connectivity index (χ4n) is 7.79. The number of nitrogens with zero attached hydrogens (tertiary/aromatic N) is 2. The lowest BCUT2D eigenvalue weighted by Crippen LogP contribution is -2.50. The van der Waals surface area contributed by atoms with Crippen molar-refractivity contribution in [1.82, 2.24) is 20.6 Å². The van der Waals surface area contributed by atoms with Gasteiger partial charge >= 0.3 is 0 Å². The molecule has 2 heterocycles. The number of carbonyl (C=O) groups is 2. The van der Waals surface area contributed by atoms with Crippen LogP contribution < -0.4 is 10.6 Å². The van der Waals surface area contributed by atoms with Gasteiger partial charge in [-0.3, -0.25) is 9.59 Å². The van der Waals surface area contributed by atoms with E-state index in [9.17, 15) is 9.59 Å². The van der Waals surface area contributed by atoms with Crippen molar-refractivity contribution in [3.05, 3.63) is 130 Å². The highest BCUT2D eigenvalue weighted by molar-refractivity contribution is 6.31. The van der Waals surface area contributed by atoms with Crippen molar-refractivity contribution >= 4 is 56.8 Å². The Morgan fingerprint density at radius 1 is 0.680 bits per heavy atom. The quantitative estimate of drug-likeness (QED) is 0.174. The molecule has 8 heteroatoms. The zero-order valence-electron chi connectivity index (χ0n) is 28.3. The minimum absolute atomic E-state index is 0.0600. The van der Waals surface area contributed by atoms with Gasteiger partial charge in [-0.15, -0.1) is 0 Å². The summed E-state index contributed by atoms with van der Waals surface area (Å²) < 4.78 is 0. The zero-order chi connectivity index (χ0) is 35.0. The van der Waals surface area contributed by atoms with Gasteiger partial charge in [0.2, 0.25) is 0 Å². The van der Waals surface area contributed by atoms with Gasteiger partial charge in [0.1, 0.15) is 0 Å². The minimum atomic E-state index is -0.258. The molecule has 0 bridgehead atoms. The molecule has 6 aromatic rings. The molecule has 1 aliphatic rings. The van der Waals surface area contributed by atoms with Gasteiger partial charge in [-0.1, -0.05) is 105 Å². The number of nitrogens with one attached hydrogen (secondary N) is 2. The summed E-state index contributed by atoms with van der Waals surface area (Å²) >= 11 is 12.3. The molecule has 6 nitrogen and oxygen atoms in total. The van der Waals surface area contributed by atoms with Crippen LogP contribution in [-0.2, 0) is 0 Å². The van der Waals surface area contributed by atoms with E-state index in [0.717, 1.165) is 52.2 Å². The van der Waals surface area contributed by atoms with Gasteiger partial charge in [0.05, 0.1) is 33.5 Å².